The fraction of sp³-hybridized carbons (Fsp3) is 0.320. The number of hydrogen-bond donors (Lipinski definition) is 2. The minimum absolute atomic E-state index is 0.0627. The van der Waals surface area contributed by atoms with Crippen LogP contribution in [-0.4, -0.2) is 71.6 Å². The summed E-state index contributed by atoms with van der Waals surface area (Å²) in [5, 5.41) is 9.77. The van der Waals surface area contributed by atoms with Crippen molar-refractivity contribution in [1.29, 1.82) is 0 Å². The number of amides is 1. The number of phenolic OH excluding ortho intramolecular Hbond substituents is 1. The number of rotatable bonds is 9. The SMILES string of the molecule is Cc1cc(-c2cc(-c3cccc(OCC(=O)N(C)CCCN(C)C)c3)[nH]c(=O)n2)ccc1O. The molecule has 0 radical (unpaired) electrons. The van der Waals surface area contributed by atoms with Crippen molar-refractivity contribution in [3.05, 3.63) is 64.6 Å². The van der Waals surface area contributed by atoms with Crippen LogP contribution in [0, 0.1) is 6.92 Å². The molecule has 0 unspecified atom stereocenters. The Kier molecular flexibility index (Phi) is 7.84. The molecule has 0 spiro atoms. The van der Waals surface area contributed by atoms with Crippen LogP contribution in [0.25, 0.3) is 22.5 Å². The van der Waals surface area contributed by atoms with Gasteiger partial charge in [-0.25, -0.2) is 4.79 Å². The highest BCUT2D eigenvalue weighted by molar-refractivity contribution is 5.77. The highest BCUT2D eigenvalue weighted by atomic mass is 16.5. The molecule has 0 aliphatic heterocycles. The van der Waals surface area contributed by atoms with E-state index in [9.17, 15) is 14.7 Å². The van der Waals surface area contributed by atoms with Gasteiger partial charge in [0, 0.05) is 24.7 Å². The standard InChI is InChI=1S/C25H30N4O4/c1-17-13-19(9-10-23(17)30)22-15-21(26-25(32)27-22)18-7-5-8-20(14-18)33-16-24(31)29(4)12-6-11-28(2)3/h5,7-10,13-15,30H,6,11-12,16H2,1-4H3,(H,26,27,32). The molecular formula is C25H30N4O4. The number of phenols is 1. The number of aromatic nitrogens is 2. The molecule has 3 aromatic rings. The second-order valence-corrected chi connectivity index (χ2v) is 8.28. The number of likely N-dealkylation sites (N-methyl/N-ethyl adjacent to an activating group) is 1. The van der Waals surface area contributed by atoms with Crippen molar-refractivity contribution in [3.8, 4) is 34.0 Å². The van der Waals surface area contributed by atoms with E-state index in [1.165, 1.54) is 0 Å². The second-order valence-electron chi connectivity index (χ2n) is 8.28. The zero-order chi connectivity index (χ0) is 24.0. The number of carbonyl (C=O) groups is 1. The van der Waals surface area contributed by atoms with Crippen LogP contribution >= 0.6 is 0 Å². The Morgan fingerprint density at radius 1 is 1.06 bits per heavy atom. The van der Waals surface area contributed by atoms with Crippen LogP contribution in [0.5, 0.6) is 11.5 Å². The lowest BCUT2D eigenvalue weighted by atomic mass is 10.1. The van der Waals surface area contributed by atoms with Crippen molar-refractivity contribution >= 4 is 5.91 Å². The van der Waals surface area contributed by atoms with Gasteiger partial charge in [0.05, 0.1) is 11.4 Å². The topological polar surface area (TPSA) is 98.8 Å². The number of aryl methyl sites for hydroxylation is 1. The Labute approximate surface area is 193 Å². The van der Waals surface area contributed by atoms with Crippen LogP contribution in [0.15, 0.2) is 53.3 Å². The Hall–Kier alpha value is -3.65. The summed E-state index contributed by atoms with van der Waals surface area (Å²) in [6.07, 6.45) is 0.892. The van der Waals surface area contributed by atoms with Crippen molar-refractivity contribution < 1.29 is 14.6 Å². The predicted molar refractivity (Wildman–Crippen MR) is 128 cm³/mol. The van der Waals surface area contributed by atoms with Gasteiger partial charge in [0.2, 0.25) is 0 Å². The number of aromatic amines is 1. The van der Waals surface area contributed by atoms with Gasteiger partial charge < -0.3 is 24.6 Å². The maximum Gasteiger partial charge on any atom is 0.345 e. The predicted octanol–water partition coefficient (Wildman–Crippen LogP) is 2.91. The summed E-state index contributed by atoms with van der Waals surface area (Å²) >= 11 is 0. The van der Waals surface area contributed by atoms with Crippen molar-refractivity contribution in [1.82, 2.24) is 19.8 Å². The third-order valence-corrected chi connectivity index (χ3v) is 5.27. The number of nitrogens with zero attached hydrogens (tertiary/aromatic N) is 3. The summed E-state index contributed by atoms with van der Waals surface area (Å²) < 4.78 is 5.72. The molecule has 0 saturated heterocycles. The number of aromatic hydroxyl groups is 1. The molecule has 0 saturated carbocycles. The van der Waals surface area contributed by atoms with Crippen LogP contribution in [-0.2, 0) is 4.79 Å². The van der Waals surface area contributed by atoms with Crippen molar-refractivity contribution in [2.75, 3.05) is 40.8 Å². The number of hydrogen-bond acceptors (Lipinski definition) is 6. The number of ether oxygens (including phenoxy) is 1. The highest BCUT2D eigenvalue weighted by Crippen LogP contribution is 2.27. The number of H-pyrrole nitrogens is 1. The molecule has 3 rings (SSSR count). The number of carbonyl (C=O) groups excluding carboxylic acids is 1. The molecule has 1 heterocycles. The average molecular weight is 451 g/mol. The van der Waals surface area contributed by atoms with Gasteiger partial charge in [-0.05, 0) is 75.9 Å². The normalized spacial score (nSPS) is 10.9. The smallest absolute Gasteiger partial charge is 0.345 e. The summed E-state index contributed by atoms with van der Waals surface area (Å²) in [4.78, 5) is 35.1. The summed E-state index contributed by atoms with van der Waals surface area (Å²) in [5.74, 6) is 0.621. The van der Waals surface area contributed by atoms with Gasteiger partial charge in [-0.1, -0.05) is 12.1 Å². The molecule has 174 valence electrons. The zero-order valence-corrected chi connectivity index (χ0v) is 19.5. The van der Waals surface area contributed by atoms with E-state index < -0.39 is 5.69 Å². The minimum atomic E-state index is -0.478. The molecule has 0 aliphatic rings. The molecule has 0 atom stereocenters. The lowest BCUT2D eigenvalue weighted by Crippen LogP contribution is -2.33. The fourth-order valence-electron chi connectivity index (χ4n) is 3.33. The average Bonchev–Trinajstić information content (AvgIpc) is 2.78. The van der Waals surface area contributed by atoms with Crippen LogP contribution in [0.4, 0.5) is 0 Å². The largest absolute Gasteiger partial charge is 0.508 e. The lowest BCUT2D eigenvalue weighted by Gasteiger charge is -2.19. The Morgan fingerprint density at radius 2 is 1.85 bits per heavy atom. The van der Waals surface area contributed by atoms with Crippen molar-refractivity contribution in [2.45, 2.75) is 13.3 Å². The molecule has 33 heavy (non-hydrogen) atoms. The molecule has 2 aromatic carbocycles. The lowest BCUT2D eigenvalue weighted by molar-refractivity contribution is -0.132. The minimum Gasteiger partial charge on any atom is -0.508 e. The van der Waals surface area contributed by atoms with Crippen LogP contribution < -0.4 is 10.4 Å². The van der Waals surface area contributed by atoms with E-state index in [1.807, 2.05) is 20.2 Å². The molecule has 0 aliphatic carbocycles. The Bertz CT molecular complexity index is 1170. The van der Waals surface area contributed by atoms with Gasteiger partial charge >= 0.3 is 5.69 Å². The van der Waals surface area contributed by atoms with Crippen molar-refractivity contribution in [2.24, 2.45) is 0 Å². The first-order chi connectivity index (χ1) is 15.7. The van der Waals surface area contributed by atoms with Crippen LogP contribution in [0.3, 0.4) is 0 Å². The fourth-order valence-corrected chi connectivity index (χ4v) is 3.33. The van der Waals surface area contributed by atoms with E-state index in [-0.39, 0.29) is 18.3 Å². The van der Waals surface area contributed by atoms with Gasteiger partial charge in [-0.2, -0.15) is 4.98 Å². The first-order valence-corrected chi connectivity index (χ1v) is 10.8. The van der Waals surface area contributed by atoms with Crippen LogP contribution in [0.1, 0.15) is 12.0 Å². The number of nitrogens with one attached hydrogen (secondary N) is 1. The highest BCUT2D eigenvalue weighted by Gasteiger charge is 2.11. The molecule has 8 nitrogen and oxygen atoms in total. The van der Waals surface area contributed by atoms with E-state index >= 15 is 0 Å². The summed E-state index contributed by atoms with van der Waals surface area (Å²) in [6, 6.07) is 14.0. The Balaban J connectivity index is 1.73. The third kappa shape index (κ3) is 6.66. The van der Waals surface area contributed by atoms with Gasteiger partial charge in [0.25, 0.3) is 5.91 Å². The van der Waals surface area contributed by atoms with Crippen molar-refractivity contribution in [3.63, 3.8) is 0 Å². The van der Waals surface area contributed by atoms with Crippen LogP contribution in [0.2, 0.25) is 0 Å². The first-order valence-electron chi connectivity index (χ1n) is 10.8. The second kappa shape index (κ2) is 10.8. The number of benzene rings is 2. The third-order valence-electron chi connectivity index (χ3n) is 5.27. The zero-order valence-electron chi connectivity index (χ0n) is 19.5. The summed E-state index contributed by atoms with van der Waals surface area (Å²) in [7, 11) is 5.78. The summed E-state index contributed by atoms with van der Waals surface area (Å²) in [6.45, 7) is 3.30. The van der Waals surface area contributed by atoms with Gasteiger partial charge in [0.1, 0.15) is 11.5 Å². The monoisotopic (exact) mass is 450 g/mol. The van der Waals surface area contributed by atoms with Gasteiger partial charge in [0.15, 0.2) is 6.61 Å². The van der Waals surface area contributed by atoms with E-state index in [2.05, 4.69) is 14.9 Å². The van der Waals surface area contributed by atoms with E-state index in [4.69, 9.17) is 4.74 Å². The molecule has 0 fully saturated rings. The molecular weight excluding hydrogens is 420 g/mol. The molecule has 1 amide bonds. The van der Waals surface area contributed by atoms with E-state index in [1.54, 1.807) is 61.3 Å². The Morgan fingerprint density at radius 3 is 2.58 bits per heavy atom. The molecule has 8 heteroatoms. The van der Waals surface area contributed by atoms with E-state index in [0.717, 1.165) is 24.1 Å². The maximum absolute atomic E-state index is 12.4. The first kappa shape index (κ1) is 24.0. The molecule has 2 N–H and O–H groups in total. The quantitative estimate of drug-likeness (QED) is 0.520. The van der Waals surface area contributed by atoms with Gasteiger partial charge in [-0.15, -0.1) is 0 Å². The molecule has 1 aromatic heterocycles. The van der Waals surface area contributed by atoms with E-state index in [0.29, 0.717) is 29.2 Å². The molecule has 0 bridgehead atoms. The maximum atomic E-state index is 12.4. The van der Waals surface area contributed by atoms with Gasteiger partial charge in [-0.3, -0.25) is 4.79 Å². The summed E-state index contributed by atoms with van der Waals surface area (Å²) in [5.41, 5.74) is 2.76.